The first-order chi connectivity index (χ1) is 5.24. The molecule has 60 valence electrons. The van der Waals surface area contributed by atoms with Crippen LogP contribution >= 0.6 is 0 Å². The van der Waals surface area contributed by atoms with E-state index in [4.69, 9.17) is 0 Å². The second kappa shape index (κ2) is 3.32. The Morgan fingerprint density at radius 2 is 2.55 bits per heavy atom. The van der Waals surface area contributed by atoms with Crippen LogP contribution in [0.1, 0.15) is 13.3 Å². The van der Waals surface area contributed by atoms with Crippen LogP contribution in [0.4, 0.5) is 0 Å². The Kier molecular flexibility index (Phi) is 2.41. The van der Waals surface area contributed by atoms with Gasteiger partial charge in [-0.25, -0.2) is 4.79 Å². The van der Waals surface area contributed by atoms with Gasteiger partial charge in [0.05, 0.1) is 7.11 Å². The number of hydrogen-bond acceptors (Lipinski definition) is 3. The summed E-state index contributed by atoms with van der Waals surface area (Å²) in [6.07, 6.45) is 4.24. The van der Waals surface area contributed by atoms with Gasteiger partial charge in [-0.3, -0.25) is 4.99 Å². The summed E-state index contributed by atoms with van der Waals surface area (Å²) in [6.45, 7) is 1.97. The van der Waals surface area contributed by atoms with E-state index in [1.165, 1.54) is 7.11 Å². The third-order valence-corrected chi connectivity index (χ3v) is 1.61. The minimum Gasteiger partial charge on any atom is -0.467 e. The summed E-state index contributed by atoms with van der Waals surface area (Å²) in [6, 6.07) is -0.315. The molecule has 0 bridgehead atoms. The van der Waals surface area contributed by atoms with Crippen molar-refractivity contribution in [3.63, 3.8) is 0 Å². The summed E-state index contributed by atoms with van der Waals surface area (Å²) < 4.78 is 4.56. The van der Waals surface area contributed by atoms with Gasteiger partial charge in [0.25, 0.3) is 0 Å². The minimum atomic E-state index is -0.315. The summed E-state index contributed by atoms with van der Waals surface area (Å²) >= 11 is 0. The quantitative estimate of drug-likeness (QED) is 0.526. The summed E-state index contributed by atoms with van der Waals surface area (Å²) in [5.74, 6) is -0.256. The normalized spacial score (nSPS) is 22.7. The van der Waals surface area contributed by atoms with Gasteiger partial charge in [-0.15, -0.1) is 0 Å². The molecule has 3 heteroatoms. The maximum atomic E-state index is 10.9. The molecule has 0 radical (unpaired) electrons. The van der Waals surface area contributed by atoms with Gasteiger partial charge in [0.15, 0.2) is 6.04 Å². The van der Waals surface area contributed by atoms with Crippen molar-refractivity contribution in [3.8, 4) is 0 Å². The average Bonchev–Trinajstić information content (AvgIpc) is 2.03. The third kappa shape index (κ3) is 1.90. The van der Waals surface area contributed by atoms with Crippen molar-refractivity contribution in [2.75, 3.05) is 7.11 Å². The van der Waals surface area contributed by atoms with E-state index in [1.807, 2.05) is 13.0 Å². The van der Waals surface area contributed by atoms with Gasteiger partial charge in [0.2, 0.25) is 0 Å². The Balaban J connectivity index is 2.59. The van der Waals surface area contributed by atoms with Crippen molar-refractivity contribution in [1.82, 2.24) is 0 Å². The lowest BCUT2D eigenvalue weighted by molar-refractivity contribution is -0.142. The first-order valence-electron chi connectivity index (χ1n) is 3.51. The lowest BCUT2D eigenvalue weighted by Gasteiger charge is -2.12. The highest BCUT2D eigenvalue weighted by Crippen LogP contribution is 2.12. The van der Waals surface area contributed by atoms with Crippen LogP contribution in [0.2, 0.25) is 0 Å². The molecule has 1 aliphatic heterocycles. The van der Waals surface area contributed by atoms with Crippen molar-refractivity contribution in [2.45, 2.75) is 19.4 Å². The molecule has 0 amide bonds. The van der Waals surface area contributed by atoms with Gasteiger partial charge in [-0.1, -0.05) is 5.57 Å². The van der Waals surface area contributed by atoms with Gasteiger partial charge in [0, 0.05) is 12.6 Å². The number of rotatable bonds is 1. The molecule has 1 aliphatic rings. The van der Waals surface area contributed by atoms with Gasteiger partial charge in [-0.2, -0.15) is 0 Å². The fourth-order valence-corrected chi connectivity index (χ4v) is 0.980. The SMILES string of the molecule is COC(=O)C1CC(C)=CC=N1. The van der Waals surface area contributed by atoms with E-state index < -0.39 is 0 Å². The van der Waals surface area contributed by atoms with Crippen LogP contribution in [0.5, 0.6) is 0 Å². The Morgan fingerprint density at radius 1 is 1.82 bits per heavy atom. The molecule has 11 heavy (non-hydrogen) atoms. The molecule has 0 fully saturated rings. The van der Waals surface area contributed by atoms with E-state index in [-0.39, 0.29) is 12.0 Å². The van der Waals surface area contributed by atoms with Crippen LogP contribution in [0.3, 0.4) is 0 Å². The first kappa shape index (κ1) is 7.98. The molecular formula is C8H11NO2. The summed E-state index contributed by atoms with van der Waals surface area (Å²) in [5, 5.41) is 0. The fourth-order valence-electron chi connectivity index (χ4n) is 0.980. The second-order valence-electron chi connectivity index (χ2n) is 2.55. The van der Waals surface area contributed by atoms with E-state index >= 15 is 0 Å². The maximum Gasteiger partial charge on any atom is 0.330 e. The molecule has 0 aromatic carbocycles. The third-order valence-electron chi connectivity index (χ3n) is 1.61. The van der Waals surface area contributed by atoms with E-state index in [0.717, 1.165) is 5.57 Å². The van der Waals surface area contributed by atoms with Crippen LogP contribution in [0, 0.1) is 0 Å². The molecule has 0 N–H and O–H groups in total. The molecule has 0 aromatic heterocycles. The highest BCUT2D eigenvalue weighted by Gasteiger charge is 2.18. The molecular weight excluding hydrogens is 142 g/mol. The lowest BCUT2D eigenvalue weighted by Crippen LogP contribution is -2.22. The molecule has 0 saturated carbocycles. The molecule has 1 rings (SSSR count). The number of allylic oxidation sites excluding steroid dienone is 1. The zero-order chi connectivity index (χ0) is 8.27. The first-order valence-corrected chi connectivity index (χ1v) is 3.51. The predicted octanol–water partition coefficient (Wildman–Crippen LogP) is 0.949. The van der Waals surface area contributed by atoms with E-state index in [1.54, 1.807) is 6.21 Å². The topological polar surface area (TPSA) is 38.7 Å². The number of nitrogens with zero attached hydrogens (tertiary/aromatic N) is 1. The molecule has 1 unspecified atom stereocenters. The van der Waals surface area contributed by atoms with Crippen molar-refractivity contribution in [1.29, 1.82) is 0 Å². The lowest BCUT2D eigenvalue weighted by atomic mass is 10.1. The van der Waals surface area contributed by atoms with E-state index in [2.05, 4.69) is 9.73 Å². The zero-order valence-electron chi connectivity index (χ0n) is 6.70. The Labute approximate surface area is 65.8 Å². The number of ether oxygens (including phenoxy) is 1. The predicted molar refractivity (Wildman–Crippen MR) is 42.7 cm³/mol. The second-order valence-corrected chi connectivity index (χ2v) is 2.55. The zero-order valence-corrected chi connectivity index (χ0v) is 6.70. The van der Waals surface area contributed by atoms with Gasteiger partial charge in [-0.05, 0) is 13.0 Å². The Morgan fingerprint density at radius 3 is 3.09 bits per heavy atom. The molecule has 0 spiro atoms. The maximum absolute atomic E-state index is 10.9. The highest BCUT2D eigenvalue weighted by atomic mass is 16.5. The molecule has 3 nitrogen and oxygen atoms in total. The van der Waals surface area contributed by atoms with Crippen molar-refractivity contribution >= 4 is 12.2 Å². The number of esters is 1. The van der Waals surface area contributed by atoms with Gasteiger partial charge >= 0.3 is 5.97 Å². The molecule has 0 aromatic rings. The van der Waals surface area contributed by atoms with Crippen molar-refractivity contribution in [3.05, 3.63) is 11.6 Å². The number of dihydropyridines is 1. The van der Waals surface area contributed by atoms with Crippen LogP contribution in [-0.2, 0) is 9.53 Å². The summed E-state index contributed by atoms with van der Waals surface area (Å²) in [7, 11) is 1.38. The van der Waals surface area contributed by atoms with Crippen LogP contribution in [0.15, 0.2) is 16.6 Å². The summed E-state index contributed by atoms with van der Waals surface area (Å²) in [5.41, 5.74) is 1.16. The Bertz CT molecular complexity index is 218. The van der Waals surface area contributed by atoms with Crippen LogP contribution in [-0.4, -0.2) is 25.3 Å². The van der Waals surface area contributed by atoms with Gasteiger partial charge in [0.1, 0.15) is 0 Å². The van der Waals surface area contributed by atoms with Crippen LogP contribution < -0.4 is 0 Å². The Hall–Kier alpha value is -1.12. The molecule has 0 aliphatic carbocycles. The highest BCUT2D eigenvalue weighted by molar-refractivity contribution is 5.82. The number of hydrogen-bond donors (Lipinski definition) is 0. The average molecular weight is 153 g/mol. The van der Waals surface area contributed by atoms with E-state index in [0.29, 0.717) is 6.42 Å². The number of aliphatic imine (C=N–C) groups is 1. The smallest absolute Gasteiger partial charge is 0.330 e. The van der Waals surface area contributed by atoms with Crippen LogP contribution in [0.25, 0.3) is 0 Å². The van der Waals surface area contributed by atoms with Gasteiger partial charge < -0.3 is 4.74 Å². The molecule has 1 atom stereocenters. The van der Waals surface area contributed by atoms with Crippen molar-refractivity contribution < 1.29 is 9.53 Å². The van der Waals surface area contributed by atoms with Crippen molar-refractivity contribution in [2.24, 2.45) is 4.99 Å². The van der Waals surface area contributed by atoms with E-state index in [9.17, 15) is 4.79 Å². The molecule has 0 saturated heterocycles. The molecule has 1 heterocycles. The number of methoxy groups -OCH3 is 1. The fraction of sp³-hybridized carbons (Fsp3) is 0.500. The summed E-state index contributed by atoms with van der Waals surface area (Å²) in [4.78, 5) is 14.9. The largest absolute Gasteiger partial charge is 0.467 e. The monoisotopic (exact) mass is 153 g/mol. The number of carbonyl (C=O) groups is 1. The number of carbonyl (C=O) groups excluding carboxylic acids is 1. The minimum absolute atomic E-state index is 0.256. The standard InChI is InChI=1S/C8H11NO2/c1-6-3-4-9-7(5-6)8(10)11-2/h3-4,7H,5H2,1-2H3.